The van der Waals surface area contributed by atoms with Crippen LogP contribution in [0.3, 0.4) is 0 Å². The van der Waals surface area contributed by atoms with E-state index in [4.69, 9.17) is 4.98 Å². The first kappa shape index (κ1) is 31.9. The van der Waals surface area contributed by atoms with Gasteiger partial charge in [-0.3, -0.25) is 14.2 Å². The SMILES string of the molecule is O=C(CCNCc1ccc(Cc2ccc(C(F)(F)F)cc2)s1)N1CCc2nc(SC3CCC3)n(-c3cccc(S)c3)c(=O)c2C1. The molecular formula is C33H33F3N4O2S3. The Morgan fingerprint density at radius 3 is 2.58 bits per heavy atom. The first-order valence-electron chi connectivity index (χ1n) is 15.0. The van der Waals surface area contributed by atoms with Gasteiger partial charge in [-0.1, -0.05) is 36.4 Å². The molecule has 2 aromatic carbocycles. The van der Waals surface area contributed by atoms with Crippen LogP contribution in [0.1, 0.15) is 57.8 Å². The van der Waals surface area contributed by atoms with Crippen molar-refractivity contribution >= 4 is 41.6 Å². The molecule has 1 fully saturated rings. The molecule has 12 heteroatoms. The number of thiophene rings is 1. The van der Waals surface area contributed by atoms with Gasteiger partial charge in [-0.05, 0) is 60.9 Å². The fourth-order valence-electron chi connectivity index (χ4n) is 5.43. The number of rotatable bonds is 10. The number of nitrogens with one attached hydrogen (secondary N) is 1. The van der Waals surface area contributed by atoms with Crippen LogP contribution in [-0.2, 0) is 36.9 Å². The van der Waals surface area contributed by atoms with E-state index in [1.54, 1.807) is 32.6 Å². The summed E-state index contributed by atoms with van der Waals surface area (Å²) in [5, 5.41) is 4.50. The third-order valence-electron chi connectivity index (χ3n) is 8.16. The number of benzene rings is 2. The van der Waals surface area contributed by atoms with Crippen LogP contribution in [0.4, 0.5) is 13.2 Å². The highest BCUT2D eigenvalue weighted by Crippen LogP contribution is 2.36. The minimum Gasteiger partial charge on any atom is -0.338 e. The van der Waals surface area contributed by atoms with Crippen LogP contribution in [0.15, 0.2) is 75.5 Å². The van der Waals surface area contributed by atoms with Crippen molar-refractivity contribution in [3.05, 3.63) is 103 Å². The van der Waals surface area contributed by atoms with Gasteiger partial charge in [-0.2, -0.15) is 13.2 Å². The predicted octanol–water partition coefficient (Wildman–Crippen LogP) is 6.90. The lowest BCUT2D eigenvalue weighted by molar-refractivity contribution is -0.137. The molecule has 0 unspecified atom stereocenters. The van der Waals surface area contributed by atoms with Gasteiger partial charge in [0.2, 0.25) is 5.91 Å². The standard InChI is InChI=1S/C33H33F3N4O2S3/c34-33(35,36)22-9-7-21(8-10-22)17-26-11-12-27(44-26)19-37-15-13-30(41)39-16-14-29-28(20-39)31(42)40(23-3-1-4-24(43)18-23)32(38-29)45-25-5-2-6-25/h1,3-4,7-12,18,25,37,43H,2,5-6,13-17,19-20H2. The summed E-state index contributed by atoms with van der Waals surface area (Å²) < 4.78 is 40.2. The second-order valence-corrected chi connectivity index (χ2v) is 14.4. The van der Waals surface area contributed by atoms with E-state index in [1.165, 1.54) is 18.6 Å². The van der Waals surface area contributed by atoms with Crippen molar-refractivity contribution in [3.63, 3.8) is 0 Å². The van der Waals surface area contributed by atoms with E-state index in [1.807, 2.05) is 36.4 Å². The number of nitrogens with zero attached hydrogens (tertiary/aromatic N) is 3. The molecule has 6 nitrogen and oxygen atoms in total. The Morgan fingerprint density at radius 1 is 1.09 bits per heavy atom. The molecule has 0 radical (unpaired) electrons. The Hall–Kier alpha value is -3.06. The van der Waals surface area contributed by atoms with Crippen molar-refractivity contribution in [2.75, 3.05) is 13.1 Å². The van der Waals surface area contributed by atoms with Crippen LogP contribution in [0, 0.1) is 0 Å². The Balaban J connectivity index is 1.04. The maximum atomic E-state index is 13.9. The van der Waals surface area contributed by atoms with Crippen molar-refractivity contribution in [3.8, 4) is 5.69 Å². The molecule has 236 valence electrons. The van der Waals surface area contributed by atoms with Crippen LogP contribution in [0.5, 0.6) is 0 Å². The lowest BCUT2D eigenvalue weighted by Gasteiger charge is -2.30. The van der Waals surface area contributed by atoms with Gasteiger partial charge >= 0.3 is 6.18 Å². The number of hydrogen-bond donors (Lipinski definition) is 2. The smallest absolute Gasteiger partial charge is 0.338 e. The summed E-state index contributed by atoms with van der Waals surface area (Å²) in [4.78, 5) is 36.6. The third kappa shape index (κ3) is 7.67. The first-order valence-corrected chi connectivity index (χ1v) is 17.1. The molecule has 0 atom stereocenters. The molecule has 4 aromatic rings. The number of amides is 1. The van der Waals surface area contributed by atoms with E-state index >= 15 is 0 Å². The Kier molecular flexibility index (Phi) is 9.74. The molecule has 6 rings (SSSR count). The molecule has 45 heavy (non-hydrogen) atoms. The average molecular weight is 671 g/mol. The second kappa shape index (κ2) is 13.7. The summed E-state index contributed by atoms with van der Waals surface area (Å²) >= 11 is 7.74. The minimum atomic E-state index is -4.34. The number of alkyl halides is 3. The molecule has 0 bridgehead atoms. The first-order chi connectivity index (χ1) is 21.6. The highest BCUT2D eigenvalue weighted by Gasteiger charge is 2.30. The number of aromatic nitrogens is 2. The third-order valence-corrected chi connectivity index (χ3v) is 10.8. The van der Waals surface area contributed by atoms with Gasteiger partial charge in [-0.25, -0.2) is 4.98 Å². The normalized spacial score (nSPS) is 15.2. The van der Waals surface area contributed by atoms with Crippen molar-refractivity contribution in [1.82, 2.24) is 19.8 Å². The molecular weight excluding hydrogens is 638 g/mol. The number of hydrogen-bond acceptors (Lipinski definition) is 7. The molecule has 1 aliphatic carbocycles. The number of carbonyl (C=O) groups excluding carboxylic acids is 1. The zero-order valence-electron chi connectivity index (χ0n) is 24.5. The molecule has 1 amide bonds. The molecule has 1 aliphatic heterocycles. The number of halogens is 3. The summed E-state index contributed by atoms with van der Waals surface area (Å²) in [6.45, 7) is 1.85. The van der Waals surface area contributed by atoms with E-state index in [-0.39, 0.29) is 18.0 Å². The molecule has 2 aromatic heterocycles. The summed E-state index contributed by atoms with van der Waals surface area (Å²) in [5.41, 5.74) is 2.14. The fourth-order valence-corrected chi connectivity index (χ4v) is 8.00. The number of thioether (sulfide) groups is 1. The predicted molar refractivity (Wildman–Crippen MR) is 175 cm³/mol. The summed E-state index contributed by atoms with van der Waals surface area (Å²) in [6.07, 6.45) is 0.523. The fraction of sp³-hybridized carbons (Fsp3) is 0.364. The molecule has 1 saturated carbocycles. The van der Waals surface area contributed by atoms with Crippen LogP contribution in [-0.4, -0.2) is 38.7 Å². The highest BCUT2D eigenvalue weighted by molar-refractivity contribution is 7.99. The van der Waals surface area contributed by atoms with E-state index in [0.717, 1.165) is 56.6 Å². The van der Waals surface area contributed by atoms with E-state index in [2.05, 4.69) is 17.9 Å². The van der Waals surface area contributed by atoms with Crippen LogP contribution in [0.2, 0.25) is 0 Å². The van der Waals surface area contributed by atoms with Crippen LogP contribution < -0.4 is 10.9 Å². The Bertz CT molecular complexity index is 1730. The monoisotopic (exact) mass is 670 g/mol. The van der Waals surface area contributed by atoms with Gasteiger partial charge in [-0.15, -0.1) is 24.0 Å². The van der Waals surface area contributed by atoms with Crippen molar-refractivity contribution < 1.29 is 18.0 Å². The quantitative estimate of drug-likeness (QED) is 0.109. The second-order valence-electron chi connectivity index (χ2n) is 11.4. The van der Waals surface area contributed by atoms with Crippen molar-refractivity contribution in [1.29, 1.82) is 0 Å². The highest BCUT2D eigenvalue weighted by atomic mass is 32.2. The summed E-state index contributed by atoms with van der Waals surface area (Å²) in [6, 6.07) is 16.8. The zero-order chi connectivity index (χ0) is 31.6. The largest absolute Gasteiger partial charge is 0.416 e. The maximum absolute atomic E-state index is 13.9. The number of fused-ring (bicyclic) bond motifs is 1. The average Bonchev–Trinajstić information content (AvgIpc) is 3.43. The molecule has 0 saturated heterocycles. The lowest BCUT2D eigenvalue weighted by Crippen LogP contribution is -2.42. The van der Waals surface area contributed by atoms with Gasteiger partial charge < -0.3 is 10.2 Å². The van der Waals surface area contributed by atoms with Crippen molar-refractivity contribution in [2.24, 2.45) is 0 Å². The van der Waals surface area contributed by atoms with E-state index in [0.29, 0.717) is 54.9 Å². The topological polar surface area (TPSA) is 67.2 Å². The van der Waals surface area contributed by atoms with Gasteiger partial charge in [0.25, 0.3) is 5.56 Å². The van der Waals surface area contributed by atoms with E-state index < -0.39 is 11.7 Å². The molecule has 0 spiro atoms. The lowest BCUT2D eigenvalue weighted by atomic mass is 10.0. The zero-order valence-corrected chi connectivity index (χ0v) is 27.0. The van der Waals surface area contributed by atoms with E-state index in [9.17, 15) is 22.8 Å². The molecule has 2 aliphatic rings. The number of carbonyl (C=O) groups is 1. The van der Waals surface area contributed by atoms with Crippen LogP contribution >= 0.6 is 35.7 Å². The number of thiol groups is 1. The Labute approximate surface area is 273 Å². The Morgan fingerprint density at radius 2 is 1.87 bits per heavy atom. The minimum absolute atomic E-state index is 0.0152. The summed E-state index contributed by atoms with van der Waals surface area (Å²) in [5.74, 6) is -0.0152. The molecule has 3 heterocycles. The van der Waals surface area contributed by atoms with Gasteiger partial charge in [0, 0.05) is 58.8 Å². The van der Waals surface area contributed by atoms with Gasteiger partial charge in [0.05, 0.1) is 29.1 Å². The van der Waals surface area contributed by atoms with Crippen molar-refractivity contribution in [2.45, 2.75) is 73.1 Å². The van der Waals surface area contributed by atoms with Gasteiger partial charge in [0.1, 0.15) is 0 Å². The molecule has 1 N–H and O–H groups in total. The van der Waals surface area contributed by atoms with Crippen LogP contribution in [0.25, 0.3) is 5.69 Å². The maximum Gasteiger partial charge on any atom is 0.416 e. The summed E-state index contributed by atoms with van der Waals surface area (Å²) in [7, 11) is 0. The van der Waals surface area contributed by atoms with Gasteiger partial charge in [0.15, 0.2) is 5.16 Å².